The van der Waals surface area contributed by atoms with E-state index in [1.807, 2.05) is 23.1 Å². The molecule has 10 nitrogen and oxygen atoms in total. The van der Waals surface area contributed by atoms with Gasteiger partial charge in [-0.1, -0.05) is 23.9 Å². The Kier molecular flexibility index (Phi) is 8.36. The lowest BCUT2D eigenvalue weighted by Gasteiger charge is -2.34. The first-order valence-corrected chi connectivity index (χ1v) is 16.2. The smallest absolute Gasteiger partial charge is 0.416 e. The highest BCUT2D eigenvalue weighted by Gasteiger charge is 2.31. The summed E-state index contributed by atoms with van der Waals surface area (Å²) in [4.78, 5) is 26.1. The van der Waals surface area contributed by atoms with Crippen LogP contribution in [0.5, 0.6) is 11.5 Å². The van der Waals surface area contributed by atoms with Gasteiger partial charge in [-0.3, -0.25) is 19.2 Å². The predicted octanol–water partition coefficient (Wildman–Crippen LogP) is 5.78. The number of carbonyl (C=O) groups is 1. The number of nitrogens with zero attached hydrogens (tertiary/aromatic N) is 7. The first kappa shape index (κ1) is 30.2. The van der Waals surface area contributed by atoms with E-state index in [9.17, 15) is 18.0 Å². The Hall–Kier alpha value is -4.47. The number of amides is 1. The number of rotatable bonds is 8. The van der Waals surface area contributed by atoms with Crippen molar-refractivity contribution in [2.24, 2.45) is 0 Å². The molecule has 0 atom stereocenters. The Balaban J connectivity index is 1.01. The number of hydrogen-bond acceptors (Lipinski definition) is 10. The minimum absolute atomic E-state index is 0.124. The van der Waals surface area contributed by atoms with Crippen molar-refractivity contribution in [3.63, 3.8) is 0 Å². The molecule has 1 amide bonds. The highest BCUT2D eigenvalue weighted by Crippen LogP contribution is 2.35. The molecule has 2 aromatic carbocycles. The van der Waals surface area contributed by atoms with Gasteiger partial charge in [0.1, 0.15) is 10.7 Å². The van der Waals surface area contributed by atoms with Crippen LogP contribution in [0.15, 0.2) is 77.5 Å². The molecule has 0 N–H and O–H groups in total. The second-order valence-corrected chi connectivity index (χ2v) is 12.5. The van der Waals surface area contributed by atoms with Gasteiger partial charge in [-0.25, -0.2) is 4.98 Å². The molecule has 46 heavy (non-hydrogen) atoms. The fourth-order valence-corrected chi connectivity index (χ4v) is 7.01. The van der Waals surface area contributed by atoms with Crippen LogP contribution in [0.1, 0.15) is 26.6 Å². The highest BCUT2D eigenvalue weighted by molar-refractivity contribution is 7.98. The maximum Gasteiger partial charge on any atom is 0.416 e. The molecule has 15 heteroatoms. The largest absolute Gasteiger partial charge is 0.454 e. The van der Waals surface area contributed by atoms with Crippen molar-refractivity contribution in [2.75, 3.05) is 33.0 Å². The van der Waals surface area contributed by atoms with Gasteiger partial charge in [-0.2, -0.15) is 13.2 Å². The molecule has 5 aromatic rings. The van der Waals surface area contributed by atoms with E-state index >= 15 is 0 Å². The number of aromatic nitrogens is 5. The molecule has 1 fully saturated rings. The van der Waals surface area contributed by atoms with Crippen molar-refractivity contribution < 1.29 is 27.4 Å². The highest BCUT2D eigenvalue weighted by atomic mass is 32.2. The molecule has 7 rings (SSSR count). The molecule has 0 saturated carbocycles. The lowest BCUT2D eigenvalue weighted by molar-refractivity contribution is -0.137. The molecule has 1 saturated heterocycles. The zero-order valence-corrected chi connectivity index (χ0v) is 25.8. The Bertz CT molecular complexity index is 1860. The van der Waals surface area contributed by atoms with Crippen LogP contribution in [0, 0.1) is 0 Å². The third-order valence-corrected chi connectivity index (χ3v) is 9.55. The van der Waals surface area contributed by atoms with Crippen LogP contribution >= 0.6 is 23.1 Å². The zero-order chi connectivity index (χ0) is 31.7. The number of thiazole rings is 1. The molecular formula is C31H26F3N7O3S2. The molecule has 0 unspecified atom stereocenters. The van der Waals surface area contributed by atoms with Crippen LogP contribution in [0.3, 0.4) is 0 Å². The minimum Gasteiger partial charge on any atom is -0.454 e. The van der Waals surface area contributed by atoms with Gasteiger partial charge in [-0.15, -0.1) is 21.5 Å². The number of benzene rings is 2. The monoisotopic (exact) mass is 665 g/mol. The summed E-state index contributed by atoms with van der Waals surface area (Å²) in [5.74, 6) is 2.11. The van der Waals surface area contributed by atoms with Gasteiger partial charge in [0.2, 0.25) is 6.79 Å². The molecule has 0 spiro atoms. The van der Waals surface area contributed by atoms with Gasteiger partial charge < -0.3 is 14.4 Å². The second kappa shape index (κ2) is 12.7. The fraction of sp³-hybridized carbons (Fsp3) is 0.258. The summed E-state index contributed by atoms with van der Waals surface area (Å²) in [6.07, 6.45) is -1.32. The number of thioether (sulfide) groups is 1. The van der Waals surface area contributed by atoms with Crippen molar-refractivity contribution in [2.45, 2.75) is 23.6 Å². The van der Waals surface area contributed by atoms with E-state index in [-0.39, 0.29) is 18.4 Å². The number of fused-ring (bicyclic) bond motifs is 1. The van der Waals surface area contributed by atoms with Crippen LogP contribution in [-0.4, -0.2) is 73.4 Å². The molecule has 2 aliphatic rings. The maximum atomic E-state index is 13.5. The van der Waals surface area contributed by atoms with Gasteiger partial charge in [0.15, 0.2) is 22.5 Å². The Morgan fingerprint density at radius 3 is 2.63 bits per heavy atom. The summed E-state index contributed by atoms with van der Waals surface area (Å²) in [6.45, 7) is 3.63. The molecule has 2 aliphatic heterocycles. The third-order valence-electron chi connectivity index (χ3n) is 7.58. The molecule has 0 aliphatic carbocycles. The van der Waals surface area contributed by atoms with Crippen molar-refractivity contribution in [3.8, 4) is 28.6 Å². The Morgan fingerprint density at radius 2 is 1.83 bits per heavy atom. The minimum atomic E-state index is -4.50. The standard InChI is InChI=1S/C31H26F3N7O3S2/c32-31(33,34)22-4-1-5-23(14-22)41-28(21-3-2-8-35-15-21)37-38-30(41)46-18-27-36-24(17-45-27)29(42)40-11-9-39(10-12-40)16-20-6-7-25-26(13-20)44-19-43-25/h1-8,13-15,17H,9-12,16,18-19H2. The normalized spacial score (nSPS) is 15.0. The van der Waals surface area contributed by atoms with E-state index in [0.29, 0.717) is 46.1 Å². The number of halogens is 3. The summed E-state index contributed by atoms with van der Waals surface area (Å²) in [7, 11) is 0. The van der Waals surface area contributed by atoms with E-state index in [4.69, 9.17) is 9.47 Å². The van der Waals surface area contributed by atoms with Gasteiger partial charge >= 0.3 is 6.18 Å². The van der Waals surface area contributed by atoms with Gasteiger partial charge in [-0.05, 0) is 48.0 Å². The summed E-state index contributed by atoms with van der Waals surface area (Å²) >= 11 is 2.64. The van der Waals surface area contributed by atoms with Gasteiger partial charge in [0.05, 0.1) is 17.0 Å². The first-order chi connectivity index (χ1) is 22.3. The number of piperazine rings is 1. The topological polar surface area (TPSA) is 98.5 Å². The van der Waals surface area contributed by atoms with E-state index in [2.05, 4.69) is 25.1 Å². The second-order valence-electron chi connectivity index (χ2n) is 10.6. The van der Waals surface area contributed by atoms with E-state index in [1.54, 1.807) is 40.5 Å². The third kappa shape index (κ3) is 6.43. The van der Waals surface area contributed by atoms with Crippen LogP contribution in [0.4, 0.5) is 13.2 Å². The summed E-state index contributed by atoms with van der Waals surface area (Å²) < 4.78 is 53.1. The lowest BCUT2D eigenvalue weighted by Crippen LogP contribution is -2.48. The number of pyridine rings is 1. The average molecular weight is 666 g/mol. The Morgan fingerprint density at radius 1 is 0.978 bits per heavy atom. The number of carbonyl (C=O) groups excluding carboxylic acids is 1. The molecule has 0 bridgehead atoms. The predicted molar refractivity (Wildman–Crippen MR) is 165 cm³/mol. The summed E-state index contributed by atoms with van der Waals surface area (Å²) in [5, 5.41) is 11.4. The summed E-state index contributed by atoms with van der Waals surface area (Å²) in [5.41, 5.74) is 1.61. The molecule has 0 radical (unpaired) electrons. The molecule has 5 heterocycles. The van der Waals surface area contributed by atoms with Crippen LogP contribution in [-0.2, 0) is 18.5 Å². The van der Waals surface area contributed by atoms with Crippen molar-refractivity contribution in [3.05, 3.63) is 94.2 Å². The summed E-state index contributed by atoms with van der Waals surface area (Å²) in [6, 6.07) is 14.5. The maximum absolute atomic E-state index is 13.5. The van der Waals surface area contributed by atoms with Gasteiger partial charge in [0, 0.05) is 56.1 Å². The van der Waals surface area contributed by atoms with E-state index in [1.165, 1.54) is 29.2 Å². The van der Waals surface area contributed by atoms with Crippen molar-refractivity contribution in [1.82, 2.24) is 34.5 Å². The number of ether oxygens (including phenoxy) is 2. The van der Waals surface area contributed by atoms with Gasteiger partial charge in [0.25, 0.3) is 5.91 Å². The fourth-order valence-electron chi connectivity index (χ4n) is 5.27. The number of hydrogen-bond donors (Lipinski definition) is 0. The SMILES string of the molecule is O=C(c1csc(CSc2nnc(-c3cccnc3)n2-c2cccc(C(F)(F)F)c2)n1)N1CCN(Cc2ccc3c(c2)OCO3)CC1. The van der Waals surface area contributed by atoms with E-state index < -0.39 is 11.7 Å². The number of alkyl halides is 3. The molecular weight excluding hydrogens is 640 g/mol. The van der Waals surface area contributed by atoms with E-state index in [0.717, 1.165) is 48.8 Å². The van der Waals surface area contributed by atoms with Crippen molar-refractivity contribution in [1.29, 1.82) is 0 Å². The quantitative estimate of drug-likeness (QED) is 0.191. The van der Waals surface area contributed by atoms with Crippen LogP contribution in [0.2, 0.25) is 0 Å². The van der Waals surface area contributed by atoms with Crippen LogP contribution in [0.25, 0.3) is 17.1 Å². The van der Waals surface area contributed by atoms with Crippen LogP contribution < -0.4 is 9.47 Å². The molecule has 3 aromatic heterocycles. The molecule has 236 valence electrons. The first-order valence-electron chi connectivity index (χ1n) is 14.3. The van der Waals surface area contributed by atoms with Crippen molar-refractivity contribution >= 4 is 29.0 Å². The average Bonchev–Trinajstić information content (AvgIpc) is 3.84. The zero-order valence-electron chi connectivity index (χ0n) is 24.2. The lowest BCUT2D eigenvalue weighted by atomic mass is 10.1. The Labute approximate surface area is 269 Å².